The lowest BCUT2D eigenvalue weighted by Crippen LogP contribution is -2.37. The first-order chi connectivity index (χ1) is 16.6. The molecule has 1 amide bonds. The van der Waals surface area contributed by atoms with Gasteiger partial charge in [-0.2, -0.15) is 0 Å². The van der Waals surface area contributed by atoms with E-state index >= 15 is 0 Å². The number of hydrogen-bond acceptors (Lipinski definition) is 5. The standard InChI is InChI=1S/C25H28N6O.C2H6/c1-3-11-26-18(2)21-8-12-27-24(29-21)31-14-10-25(17-31)9-13-30(23(25)32)16-19-15-28-22-7-5-4-6-20(19)22;1-2/h3-8,11-12,15,28H,9-10,13-14,16-17H2,1-2H3;1-2H3/b11-3-,26-18?;. The molecular weight excluding hydrogens is 424 g/mol. The lowest BCUT2D eigenvalue weighted by atomic mass is 9.85. The fourth-order valence-corrected chi connectivity index (χ4v) is 4.89. The van der Waals surface area contributed by atoms with Gasteiger partial charge in [0, 0.05) is 55.7 Å². The van der Waals surface area contributed by atoms with Gasteiger partial charge in [-0.1, -0.05) is 38.1 Å². The molecule has 178 valence electrons. The van der Waals surface area contributed by atoms with Gasteiger partial charge in [-0.05, 0) is 44.4 Å². The monoisotopic (exact) mass is 458 g/mol. The van der Waals surface area contributed by atoms with Gasteiger partial charge in [-0.3, -0.25) is 9.79 Å². The van der Waals surface area contributed by atoms with E-state index in [1.807, 2.05) is 63.1 Å². The van der Waals surface area contributed by atoms with Crippen LogP contribution in [0.25, 0.3) is 10.9 Å². The number of anilines is 1. The number of rotatable bonds is 5. The van der Waals surface area contributed by atoms with E-state index in [4.69, 9.17) is 4.98 Å². The quantitative estimate of drug-likeness (QED) is 0.549. The SMILES string of the molecule is C/C=C\N=C(C)c1ccnc(N2CCC3(CCN(Cc4c[nH]c5ccccc45)C3=O)C2)n1.CC. The highest BCUT2D eigenvalue weighted by atomic mass is 16.2. The van der Waals surface area contributed by atoms with Gasteiger partial charge in [0.2, 0.25) is 11.9 Å². The number of likely N-dealkylation sites (tertiary alicyclic amines) is 1. The molecule has 2 aliphatic heterocycles. The summed E-state index contributed by atoms with van der Waals surface area (Å²) in [6.07, 6.45) is 9.19. The van der Waals surface area contributed by atoms with Crippen molar-refractivity contribution in [3.8, 4) is 0 Å². The second kappa shape index (κ2) is 10.2. The fourth-order valence-electron chi connectivity index (χ4n) is 4.89. The fraction of sp³-hybridized carbons (Fsp3) is 0.407. The Kier molecular flexibility index (Phi) is 7.10. The largest absolute Gasteiger partial charge is 0.361 e. The molecule has 2 fully saturated rings. The molecule has 7 nitrogen and oxygen atoms in total. The maximum absolute atomic E-state index is 13.5. The van der Waals surface area contributed by atoms with Crippen LogP contribution in [0.2, 0.25) is 0 Å². The predicted molar refractivity (Wildman–Crippen MR) is 138 cm³/mol. The van der Waals surface area contributed by atoms with Crippen molar-refractivity contribution in [3.05, 3.63) is 66.3 Å². The summed E-state index contributed by atoms with van der Waals surface area (Å²) >= 11 is 0. The Hall–Kier alpha value is -3.48. The highest BCUT2D eigenvalue weighted by molar-refractivity contribution is 5.97. The van der Waals surface area contributed by atoms with Gasteiger partial charge in [-0.15, -0.1) is 0 Å². The molecular formula is C27H34N6O. The number of amides is 1. The number of carbonyl (C=O) groups is 1. The molecule has 0 radical (unpaired) electrons. The number of aromatic amines is 1. The second-order valence-corrected chi connectivity index (χ2v) is 8.73. The van der Waals surface area contributed by atoms with Crippen LogP contribution in [0.4, 0.5) is 5.95 Å². The van der Waals surface area contributed by atoms with Crippen LogP contribution in [0.15, 0.2) is 60.0 Å². The molecule has 2 aromatic heterocycles. The van der Waals surface area contributed by atoms with Gasteiger partial charge in [0.1, 0.15) is 0 Å². The average Bonchev–Trinajstić information content (AvgIpc) is 3.59. The van der Waals surface area contributed by atoms with E-state index in [2.05, 4.69) is 32.0 Å². The lowest BCUT2D eigenvalue weighted by molar-refractivity contribution is -0.135. The lowest BCUT2D eigenvalue weighted by Gasteiger charge is -2.23. The highest BCUT2D eigenvalue weighted by Crippen LogP contribution is 2.42. The molecule has 1 N–H and O–H groups in total. The Morgan fingerprint density at radius 2 is 2.00 bits per heavy atom. The van der Waals surface area contributed by atoms with Crippen molar-refractivity contribution in [2.24, 2.45) is 10.4 Å². The maximum Gasteiger partial charge on any atom is 0.231 e. The number of H-pyrrole nitrogens is 1. The van der Waals surface area contributed by atoms with Crippen LogP contribution in [0, 0.1) is 5.41 Å². The van der Waals surface area contributed by atoms with E-state index in [1.165, 1.54) is 10.9 Å². The third-order valence-electron chi connectivity index (χ3n) is 6.70. The van der Waals surface area contributed by atoms with E-state index in [-0.39, 0.29) is 11.3 Å². The Labute approximate surface area is 201 Å². The van der Waals surface area contributed by atoms with Crippen LogP contribution in [0.3, 0.4) is 0 Å². The summed E-state index contributed by atoms with van der Waals surface area (Å²) in [5.74, 6) is 0.935. The summed E-state index contributed by atoms with van der Waals surface area (Å²) in [5, 5.41) is 1.19. The first-order valence-corrected chi connectivity index (χ1v) is 12.2. The van der Waals surface area contributed by atoms with Crippen molar-refractivity contribution in [1.29, 1.82) is 0 Å². The summed E-state index contributed by atoms with van der Waals surface area (Å²) < 4.78 is 0. The van der Waals surface area contributed by atoms with Crippen LogP contribution in [-0.2, 0) is 11.3 Å². The van der Waals surface area contributed by atoms with Crippen LogP contribution >= 0.6 is 0 Å². The minimum atomic E-state index is -0.334. The van der Waals surface area contributed by atoms with E-state index in [0.29, 0.717) is 19.0 Å². The van der Waals surface area contributed by atoms with Crippen molar-refractivity contribution < 1.29 is 4.79 Å². The van der Waals surface area contributed by atoms with Crippen LogP contribution < -0.4 is 4.90 Å². The highest BCUT2D eigenvalue weighted by Gasteiger charge is 2.51. The molecule has 0 saturated carbocycles. The van der Waals surface area contributed by atoms with Crippen molar-refractivity contribution in [2.45, 2.75) is 47.1 Å². The third-order valence-corrected chi connectivity index (χ3v) is 6.70. The molecule has 0 aliphatic carbocycles. The number of hydrogen-bond donors (Lipinski definition) is 1. The summed E-state index contributed by atoms with van der Waals surface area (Å²) in [5.41, 5.74) is 3.61. The Morgan fingerprint density at radius 3 is 2.82 bits per heavy atom. The topological polar surface area (TPSA) is 77.5 Å². The number of para-hydroxylation sites is 1. The van der Waals surface area contributed by atoms with Gasteiger partial charge >= 0.3 is 0 Å². The van der Waals surface area contributed by atoms with Gasteiger partial charge in [0.25, 0.3) is 0 Å². The number of allylic oxidation sites excluding steroid dienone is 1. The molecule has 3 aromatic rings. The summed E-state index contributed by atoms with van der Waals surface area (Å²) in [4.78, 5) is 34.6. The molecule has 4 heterocycles. The molecule has 1 unspecified atom stereocenters. The van der Waals surface area contributed by atoms with E-state index in [1.54, 1.807) is 12.4 Å². The minimum Gasteiger partial charge on any atom is -0.361 e. The third kappa shape index (κ3) is 4.47. The first kappa shape index (κ1) is 23.7. The summed E-state index contributed by atoms with van der Waals surface area (Å²) in [7, 11) is 0. The number of nitrogens with zero attached hydrogens (tertiary/aromatic N) is 5. The molecule has 2 saturated heterocycles. The Morgan fingerprint density at radius 1 is 1.21 bits per heavy atom. The molecule has 1 aromatic carbocycles. The molecule has 1 spiro atoms. The molecule has 0 bridgehead atoms. The zero-order valence-electron chi connectivity index (χ0n) is 20.6. The Balaban J connectivity index is 0.00000133. The van der Waals surface area contributed by atoms with Crippen molar-refractivity contribution >= 4 is 28.5 Å². The number of nitrogens with one attached hydrogen (secondary N) is 1. The maximum atomic E-state index is 13.5. The van der Waals surface area contributed by atoms with Crippen LogP contribution in [0.1, 0.15) is 51.8 Å². The number of fused-ring (bicyclic) bond motifs is 1. The summed E-state index contributed by atoms with van der Waals surface area (Å²) in [6, 6.07) is 10.1. The van der Waals surface area contributed by atoms with Gasteiger partial charge in [0.05, 0.1) is 16.8 Å². The zero-order chi connectivity index (χ0) is 24.1. The summed E-state index contributed by atoms with van der Waals surface area (Å²) in [6.45, 7) is 10.8. The number of benzene rings is 1. The predicted octanol–water partition coefficient (Wildman–Crippen LogP) is 4.96. The van der Waals surface area contributed by atoms with Gasteiger partial charge in [0.15, 0.2) is 0 Å². The van der Waals surface area contributed by atoms with E-state index in [9.17, 15) is 4.79 Å². The van der Waals surface area contributed by atoms with Crippen LogP contribution in [0.5, 0.6) is 0 Å². The van der Waals surface area contributed by atoms with E-state index < -0.39 is 0 Å². The number of aliphatic imine (C=N–C) groups is 1. The van der Waals surface area contributed by atoms with E-state index in [0.717, 1.165) is 42.9 Å². The molecule has 7 heteroatoms. The van der Waals surface area contributed by atoms with Gasteiger partial charge < -0.3 is 14.8 Å². The molecule has 5 rings (SSSR count). The second-order valence-electron chi connectivity index (χ2n) is 8.73. The first-order valence-electron chi connectivity index (χ1n) is 12.2. The van der Waals surface area contributed by atoms with Crippen molar-refractivity contribution in [3.63, 3.8) is 0 Å². The normalized spacial score (nSPS) is 20.6. The smallest absolute Gasteiger partial charge is 0.231 e. The molecule has 1 atom stereocenters. The number of carbonyl (C=O) groups excluding carboxylic acids is 1. The molecule has 34 heavy (non-hydrogen) atoms. The average molecular weight is 459 g/mol. The zero-order valence-corrected chi connectivity index (χ0v) is 20.6. The Bertz CT molecular complexity index is 1210. The minimum absolute atomic E-state index is 0.257. The molecule has 2 aliphatic rings. The number of aromatic nitrogens is 3. The van der Waals surface area contributed by atoms with Crippen molar-refractivity contribution in [1.82, 2.24) is 19.9 Å². The van der Waals surface area contributed by atoms with Crippen LogP contribution in [-0.4, -0.2) is 51.1 Å². The van der Waals surface area contributed by atoms with Gasteiger partial charge in [-0.25, -0.2) is 9.97 Å². The van der Waals surface area contributed by atoms with Crippen molar-refractivity contribution in [2.75, 3.05) is 24.5 Å².